The van der Waals surface area contributed by atoms with Gasteiger partial charge in [0.15, 0.2) is 0 Å². The summed E-state index contributed by atoms with van der Waals surface area (Å²) in [6, 6.07) is 8.36. The highest BCUT2D eigenvalue weighted by atomic mass is 16.5. The predicted molar refractivity (Wildman–Crippen MR) is 54.1 cm³/mol. The molecule has 0 radical (unpaired) electrons. The van der Waals surface area contributed by atoms with Gasteiger partial charge < -0.3 is 4.74 Å². The van der Waals surface area contributed by atoms with Crippen molar-refractivity contribution in [2.24, 2.45) is 5.41 Å². The zero-order chi connectivity index (χ0) is 9.47. The van der Waals surface area contributed by atoms with Gasteiger partial charge in [-0.1, -0.05) is 39.0 Å². The van der Waals surface area contributed by atoms with Crippen LogP contribution < -0.4 is 4.74 Å². The van der Waals surface area contributed by atoms with Crippen molar-refractivity contribution in [3.8, 4) is 5.75 Å². The number of benzene rings is 1. The first-order chi connectivity index (χ1) is 6.09. The molecule has 1 heterocycles. The molecular weight excluding hydrogens is 160 g/mol. The summed E-state index contributed by atoms with van der Waals surface area (Å²) in [5.74, 6) is 1.62. The Hall–Kier alpha value is -0.980. The highest BCUT2D eigenvalue weighted by Crippen LogP contribution is 2.43. The van der Waals surface area contributed by atoms with Gasteiger partial charge in [-0.3, -0.25) is 0 Å². The van der Waals surface area contributed by atoms with E-state index in [4.69, 9.17) is 4.74 Å². The minimum absolute atomic E-state index is 0.298. The van der Waals surface area contributed by atoms with Gasteiger partial charge in [-0.25, -0.2) is 0 Å². The van der Waals surface area contributed by atoms with Crippen molar-refractivity contribution >= 4 is 0 Å². The molecule has 1 nitrogen and oxygen atoms in total. The predicted octanol–water partition coefficient (Wildman–Crippen LogP) is 3.21. The van der Waals surface area contributed by atoms with Crippen LogP contribution in [0.4, 0.5) is 0 Å². The normalized spacial score (nSPS) is 21.0. The van der Waals surface area contributed by atoms with Gasteiger partial charge in [0.05, 0.1) is 6.61 Å². The fraction of sp³-hybridized carbons (Fsp3) is 0.500. The van der Waals surface area contributed by atoms with Gasteiger partial charge in [-0.15, -0.1) is 0 Å². The number of rotatable bonds is 0. The van der Waals surface area contributed by atoms with Gasteiger partial charge in [-0.2, -0.15) is 0 Å². The third kappa shape index (κ3) is 1.43. The van der Waals surface area contributed by atoms with E-state index in [1.165, 1.54) is 5.56 Å². The lowest BCUT2D eigenvalue weighted by Crippen LogP contribution is -2.19. The Labute approximate surface area is 79.7 Å². The van der Waals surface area contributed by atoms with E-state index >= 15 is 0 Å². The molecule has 0 saturated carbocycles. The fourth-order valence-corrected chi connectivity index (χ4v) is 1.88. The van der Waals surface area contributed by atoms with Gasteiger partial charge in [0.2, 0.25) is 0 Å². The molecule has 13 heavy (non-hydrogen) atoms. The largest absolute Gasteiger partial charge is 0.493 e. The summed E-state index contributed by atoms with van der Waals surface area (Å²) in [6.07, 6.45) is 0. The maximum Gasteiger partial charge on any atom is 0.122 e. The highest BCUT2D eigenvalue weighted by molar-refractivity contribution is 5.40. The molecule has 1 aliphatic rings. The van der Waals surface area contributed by atoms with E-state index in [0.717, 1.165) is 12.4 Å². The van der Waals surface area contributed by atoms with E-state index < -0.39 is 0 Å². The minimum atomic E-state index is 0.298. The van der Waals surface area contributed by atoms with Crippen LogP contribution in [0.5, 0.6) is 5.75 Å². The van der Waals surface area contributed by atoms with Gasteiger partial charge in [0, 0.05) is 11.5 Å². The highest BCUT2D eigenvalue weighted by Gasteiger charge is 2.33. The monoisotopic (exact) mass is 176 g/mol. The lowest BCUT2D eigenvalue weighted by atomic mass is 9.78. The molecule has 1 aliphatic heterocycles. The Morgan fingerprint density at radius 1 is 1.23 bits per heavy atom. The third-order valence-electron chi connectivity index (χ3n) is 2.75. The van der Waals surface area contributed by atoms with E-state index in [1.54, 1.807) is 0 Å². The zero-order valence-corrected chi connectivity index (χ0v) is 8.50. The molecule has 0 aromatic heterocycles. The van der Waals surface area contributed by atoms with Crippen molar-refractivity contribution in [1.82, 2.24) is 0 Å². The molecule has 1 heteroatoms. The van der Waals surface area contributed by atoms with Gasteiger partial charge in [0.1, 0.15) is 5.75 Å². The van der Waals surface area contributed by atoms with Crippen molar-refractivity contribution in [1.29, 1.82) is 0 Å². The molecule has 0 spiro atoms. The molecule has 0 saturated heterocycles. The fourth-order valence-electron chi connectivity index (χ4n) is 1.88. The SMILES string of the molecule is CC(C)(C)[C@@H]1COc2ccccc21. The first-order valence-electron chi connectivity index (χ1n) is 4.81. The quantitative estimate of drug-likeness (QED) is 0.589. The van der Waals surface area contributed by atoms with Gasteiger partial charge >= 0.3 is 0 Å². The van der Waals surface area contributed by atoms with Crippen molar-refractivity contribution in [2.45, 2.75) is 26.7 Å². The second kappa shape index (κ2) is 2.76. The summed E-state index contributed by atoms with van der Waals surface area (Å²) >= 11 is 0. The van der Waals surface area contributed by atoms with Crippen LogP contribution in [0, 0.1) is 5.41 Å². The summed E-state index contributed by atoms with van der Waals surface area (Å²) < 4.78 is 5.64. The van der Waals surface area contributed by atoms with Crippen LogP contribution in [0.15, 0.2) is 24.3 Å². The van der Waals surface area contributed by atoms with Crippen LogP contribution in [0.25, 0.3) is 0 Å². The second-order valence-corrected chi connectivity index (χ2v) is 4.77. The molecule has 70 valence electrons. The number of hydrogen-bond acceptors (Lipinski definition) is 1. The number of para-hydroxylation sites is 1. The summed E-state index contributed by atoms with van der Waals surface area (Å²) in [4.78, 5) is 0. The summed E-state index contributed by atoms with van der Waals surface area (Å²) in [6.45, 7) is 7.64. The van der Waals surface area contributed by atoms with Crippen LogP contribution in [-0.4, -0.2) is 6.61 Å². The van der Waals surface area contributed by atoms with Gasteiger partial charge in [0.25, 0.3) is 0 Å². The van der Waals surface area contributed by atoms with Crippen molar-refractivity contribution in [3.05, 3.63) is 29.8 Å². The molecule has 0 amide bonds. The van der Waals surface area contributed by atoms with E-state index in [9.17, 15) is 0 Å². The lowest BCUT2D eigenvalue weighted by molar-refractivity contribution is 0.243. The van der Waals surface area contributed by atoms with Crippen LogP contribution in [0.3, 0.4) is 0 Å². The number of fused-ring (bicyclic) bond motifs is 1. The maximum absolute atomic E-state index is 5.64. The Bertz CT molecular complexity index is 309. The Kier molecular flexibility index (Phi) is 1.83. The van der Waals surface area contributed by atoms with Crippen molar-refractivity contribution in [3.63, 3.8) is 0 Å². The standard InChI is InChI=1S/C12H16O/c1-12(2,3)10-8-13-11-7-5-4-6-9(10)11/h4-7,10H,8H2,1-3H3/t10-/m1/s1. The maximum atomic E-state index is 5.64. The minimum Gasteiger partial charge on any atom is -0.493 e. The van der Waals surface area contributed by atoms with Gasteiger partial charge in [-0.05, 0) is 11.5 Å². The number of hydrogen-bond donors (Lipinski definition) is 0. The molecule has 0 unspecified atom stereocenters. The summed E-state index contributed by atoms with van der Waals surface area (Å²) in [5.41, 5.74) is 1.67. The van der Waals surface area contributed by atoms with E-state index in [1.807, 2.05) is 6.07 Å². The van der Waals surface area contributed by atoms with Crippen LogP contribution in [0.2, 0.25) is 0 Å². The summed E-state index contributed by atoms with van der Waals surface area (Å²) in [5, 5.41) is 0. The molecular formula is C12H16O. The Balaban J connectivity index is 2.39. The lowest BCUT2D eigenvalue weighted by Gasteiger charge is -2.25. The Morgan fingerprint density at radius 3 is 2.62 bits per heavy atom. The van der Waals surface area contributed by atoms with Crippen LogP contribution in [-0.2, 0) is 0 Å². The first kappa shape index (κ1) is 8.61. The average molecular weight is 176 g/mol. The van der Waals surface area contributed by atoms with Crippen LogP contribution >= 0.6 is 0 Å². The molecule has 2 rings (SSSR count). The van der Waals surface area contributed by atoms with Crippen LogP contribution in [0.1, 0.15) is 32.3 Å². The summed E-state index contributed by atoms with van der Waals surface area (Å²) in [7, 11) is 0. The molecule has 1 aromatic rings. The molecule has 0 fully saturated rings. The van der Waals surface area contributed by atoms with E-state index in [-0.39, 0.29) is 0 Å². The topological polar surface area (TPSA) is 9.23 Å². The van der Waals surface area contributed by atoms with Crippen molar-refractivity contribution < 1.29 is 4.74 Å². The molecule has 0 aliphatic carbocycles. The number of ether oxygens (including phenoxy) is 1. The molecule has 1 aromatic carbocycles. The van der Waals surface area contributed by atoms with E-state index in [0.29, 0.717) is 11.3 Å². The van der Waals surface area contributed by atoms with Crippen molar-refractivity contribution in [2.75, 3.05) is 6.61 Å². The average Bonchev–Trinajstić information content (AvgIpc) is 2.45. The molecule has 1 atom stereocenters. The molecule has 0 bridgehead atoms. The first-order valence-corrected chi connectivity index (χ1v) is 4.81. The molecule has 0 N–H and O–H groups in total. The Morgan fingerprint density at radius 2 is 1.92 bits per heavy atom. The zero-order valence-electron chi connectivity index (χ0n) is 8.50. The van der Waals surface area contributed by atoms with E-state index in [2.05, 4.69) is 39.0 Å². The second-order valence-electron chi connectivity index (χ2n) is 4.77. The third-order valence-corrected chi connectivity index (χ3v) is 2.75. The smallest absolute Gasteiger partial charge is 0.122 e.